The summed E-state index contributed by atoms with van der Waals surface area (Å²) in [7, 11) is -2.37. The minimum absolute atomic E-state index is 0.0639. The number of methoxy groups -OCH3 is 1. The van der Waals surface area contributed by atoms with Crippen LogP contribution in [-0.2, 0) is 14.9 Å². The number of rotatable bonds is 4. The summed E-state index contributed by atoms with van der Waals surface area (Å²) in [6, 6.07) is 12.3. The fourth-order valence-electron chi connectivity index (χ4n) is 1.76. The number of carbonyl (C=O) groups is 2. The fourth-order valence-corrected chi connectivity index (χ4v) is 1.76. The molecular weight excluding hydrogens is 390 g/mol. The van der Waals surface area contributed by atoms with Crippen LogP contribution in [0, 0.1) is 0 Å². The van der Waals surface area contributed by atoms with Gasteiger partial charge in [0.1, 0.15) is 5.75 Å². The average molecular weight is 409 g/mol. The minimum Gasteiger partial charge on any atom is -0.465 e. The highest BCUT2D eigenvalue weighted by Crippen LogP contribution is 2.17. The van der Waals surface area contributed by atoms with Crippen molar-refractivity contribution in [2.45, 2.75) is 0 Å². The first-order chi connectivity index (χ1) is 13.0. The van der Waals surface area contributed by atoms with E-state index in [1.165, 1.54) is 31.4 Å². The number of ether oxygens (including phenoxy) is 2. The topological polar surface area (TPSA) is 171 Å². The molecule has 0 aliphatic heterocycles. The lowest BCUT2D eigenvalue weighted by Crippen LogP contribution is -2.21. The van der Waals surface area contributed by atoms with E-state index >= 15 is 0 Å². The van der Waals surface area contributed by atoms with E-state index in [0.717, 1.165) is 0 Å². The molecule has 2 rings (SSSR count). The Labute approximate surface area is 161 Å². The summed E-state index contributed by atoms with van der Waals surface area (Å²) < 4.78 is 35.7. The Morgan fingerprint density at radius 1 is 0.929 bits per heavy atom. The molecule has 2 aromatic rings. The highest BCUT2D eigenvalue weighted by atomic mass is 32.2. The Kier molecular flexibility index (Phi) is 8.10. The van der Waals surface area contributed by atoms with Crippen LogP contribution in [0.2, 0.25) is 0 Å². The van der Waals surface area contributed by atoms with E-state index in [1.54, 1.807) is 24.3 Å². The van der Waals surface area contributed by atoms with Gasteiger partial charge in [-0.25, -0.2) is 14.6 Å². The van der Waals surface area contributed by atoms with Crippen LogP contribution in [0.4, 0.5) is 5.69 Å². The zero-order valence-electron chi connectivity index (χ0n) is 15.0. The fraction of sp³-hybridized carbons (Fsp3) is 0.118. The van der Waals surface area contributed by atoms with Gasteiger partial charge in [0.15, 0.2) is 5.96 Å². The summed E-state index contributed by atoms with van der Waals surface area (Å²) >= 11 is 0. The van der Waals surface area contributed by atoms with E-state index in [1.807, 2.05) is 0 Å². The van der Waals surface area contributed by atoms with Gasteiger partial charge in [0.25, 0.3) is 10.1 Å². The predicted molar refractivity (Wildman–Crippen MR) is 102 cm³/mol. The number of carbonyl (C=O) groups excluding carboxylic acids is 2. The Hall–Kier alpha value is -3.44. The molecule has 0 radical (unpaired) electrons. The van der Waals surface area contributed by atoms with E-state index in [-0.39, 0.29) is 5.96 Å². The third-order valence-electron chi connectivity index (χ3n) is 2.85. The van der Waals surface area contributed by atoms with Crippen molar-refractivity contribution in [3.8, 4) is 5.75 Å². The Balaban J connectivity index is 0.000000696. The molecule has 5 N–H and O–H groups in total. The van der Waals surface area contributed by atoms with Crippen molar-refractivity contribution in [3.63, 3.8) is 0 Å². The molecule has 0 bridgehead atoms. The molecule has 0 heterocycles. The lowest BCUT2D eigenvalue weighted by molar-refractivity contribution is 0.0600. The van der Waals surface area contributed by atoms with Crippen LogP contribution in [0.1, 0.15) is 20.7 Å². The van der Waals surface area contributed by atoms with Crippen molar-refractivity contribution < 1.29 is 32.0 Å². The highest BCUT2D eigenvalue weighted by Gasteiger charge is 2.10. The van der Waals surface area contributed by atoms with E-state index in [0.29, 0.717) is 28.8 Å². The summed E-state index contributed by atoms with van der Waals surface area (Å²) in [6.07, 6.45) is 0.715. The molecule has 0 saturated carbocycles. The van der Waals surface area contributed by atoms with Crippen LogP contribution >= 0.6 is 0 Å². The quantitative estimate of drug-likeness (QED) is 0.220. The summed E-state index contributed by atoms with van der Waals surface area (Å²) in [5.41, 5.74) is 11.8. The number of nitrogens with zero attached hydrogens (tertiary/aromatic N) is 1. The highest BCUT2D eigenvalue weighted by molar-refractivity contribution is 7.85. The monoisotopic (exact) mass is 409 g/mol. The normalized spacial score (nSPS) is 10.1. The summed E-state index contributed by atoms with van der Waals surface area (Å²) in [6.45, 7) is 0. The zero-order chi connectivity index (χ0) is 21.3. The number of esters is 2. The van der Waals surface area contributed by atoms with E-state index in [2.05, 4.69) is 9.73 Å². The van der Waals surface area contributed by atoms with Gasteiger partial charge in [-0.05, 0) is 48.5 Å². The first-order valence-electron chi connectivity index (χ1n) is 7.52. The molecule has 0 aliphatic carbocycles. The molecule has 28 heavy (non-hydrogen) atoms. The maximum Gasteiger partial charge on any atom is 0.343 e. The lowest BCUT2D eigenvalue weighted by atomic mass is 10.2. The molecule has 0 aromatic heterocycles. The summed E-state index contributed by atoms with van der Waals surface area (Å²) in [5, 5.41) is 0. The van der Waals surface area contributed by atoms with Gasteiger partial charge in [-0.1, -0.05) is 0 Å². The van der Waals surface area contributed by atoms with Gasteiger partial charge in [0, 0.05) is 0 Å². The number of guanidine groups is 1. The summed E-state index contributed by atoms with van der Waals surface area (Å²) in [4.78, 5) is 27.2. The van der Waals surface area contributed by atoms with E-state index < -0.39 is 22.1 Å². The predicted octanol–water partition coefficient (Wildman–Crippen LogP) is 1.10. The number of nitrogens with two attached hydrogens (primary N) is 2. The molecule has 0 aliphatic rings. The maximum absolute atomic E-state index is 12.0. The van der Waals surface area contributed by atoms with Gasteiger partial charge >= 0.3 is 11.9 Å². The molecule has 0 saturated heterocycles. The minimum atomic E-state index is -3.67. The van der Waals surface area contributed by atoms with Gasteiger partial charge in [-0.2, -0.15) is 8.42 Å². The van der Waals surface area contributed by atoms with Crippen LogP contribution in [0.5, 0.6) is 5.75 Å². The van der Waals surface area contributed by atoms with Gasteiger partial charge < -0.3 is 20.9 Å². The van der Waals surface area contributed by atoms with Gasteiger partial charge in [0.05, 0.1) is 30.2 Å². The molecule has 2 aromatic carbocycles. The third-order valence-corrected chi connectivity index (χ3v) is 2.85. The van der Waals surface area contributed by atoms with Crippen LogP contribution in [0.25, 0.3) is 0 Å². The first-order valence-corrected chi connectivity index (χ1v) is 9.37. The third kappa shape index (κ3) is 8.78. The van der Waals surface area contributed by atoms with Crippen LogP contribution in [0.3, 0.4) is 0 Å². The second-order valence-corrected chi connectivity index (χ2v) is 6.69. The van der Waals surface area contributed by atoms with E-state index in [9.17, 15) is 18.0 Å². The van der Waals surface area contributed by atoms with Crippen LogP contribution < -0.4 is 16.2 Å². The number of aliphatic imine (C=N–C) groups is 1. The van der Waals surface area contributed by atoms with Gasteiger partial charge in [-0.3, -0.25) is 4.55 Å². The Morgan fingerprint density at radius 3 is 1.79 bits per heavy atom. The number of hydrogen-bond donors (Lipinski definition) is 3. The second-order valence-electron chi connectivity index (χ2n) is 5.22. The van der Waals surface area contributed by atoms with E-state index in [4.69, 9.17) is 20.8 Å². The SMILES string of the molecule is COC(=O)c1ccc(OC(=O)c2ccc(N=C(N)N)cc2)cc1.CS(=O)(=O)O. The Morgan fingerprint density at radius 2 is 1.36 bits per heavy atom. The van der Waals surface area contributed by atoms with Crippen molar-refractivity contribution in [1.29, 1.82) is 0 Å². The van der Waals surface area contributed by atoms with Crippen LogP contribution in [-0.4, -0.2) is 44.2 Å². The number of benzene rings is 2. The van der Waals surface area contributed by atoms with Crippen molar-refractivity contribution in [2.75, 3.05) is 13.4 Å². The molecule has 10 nitrogen and oxygen atoms in total. The van der Waals surface area contributed by atoms with Crippen molar-refractivity contribution in [3.05, 3.63) is 59.7 Å². The van der Waals surface area contributed by atoms with Gasteiger partial charge in [-0.15, -0.1) is 0 Å². The second kappa shape index (κ2) is 10.0. The molecule has 0 spiro atoms. The van der Waals surface area contributed by atoms with Crippen molar-refractivity contribution in [2.24, 2.45) is 16.5 Å². The zero-order valence-corrected chi connectivity index (χ0v) is 15.8. The van der Waals surface area contributed by atoms with Crippen molar-refractivity contribution in [1.82, 2.24) is 0 Å². The Bertz CT molecular complexity index is 941. The maximum atomic E-state index is 12.0. The smallest absolute Gasteiger partial charge is 0.343 e. The van der Waals surface area contributed by atoms with Gasteiger partial charge in [0.2, 0.25) is 0 Å². The first kappa shape index (κ1) is 22.6. The molecule has 0 unspecified atom stereocenters. The molecule has 0 atom stereocenters. The molecule has 11 heteroatoms. The van der Waals surface area contributed by atoms with Crippen LogP contribution in [0.15, 0.2) is 53.5 Å². The average Bonchev–Trinajstić information content (AvgIpc) is 2.60. The molecular formula is C17H19N3O7S. The molecule has 0 amide bonds. The largest absolute Gasteiger partial charge is 0.465 e. The van der Waals surface area contributed by atoms with Crippen molar-refractivity contribution >= 4 is 33.7 Å². The standard InChI is InChI=1S/C16H15N3O4.CH4O3S/c1-22-14(20)10-4-8-13(9-5-10)23-15(21)11-2-6-12(7-3-11)19-16(17)18;1-5(2,3)4/h2-9H,1H3,(H4,17,18,19);1H3,(H,2,3,4). The molecule has 0 fully saturated rings. The number of hydrogen-bond acceptors (Lipinski definition) is 7. The summed E-state index contributed by atoms with van der Waals surface area (Å²) in [5.74, 6) is -0.743. The lowest BCUT2D eigenvalue weighted by Gasteiger charge is -2.05. The molecule has 150 valence electrons.